The minimum absolute atomic E-state index is 0.0683. The zero-order valence-electron chi connectivity index (χ0n) is 11.4. The first-order chi connectivity index (χ1) is 7.96. The monoisotopic (exact) mass is 236 g/mol. The fourth-order valence-corrected chi connectivity index (χ4v) is 2.05. The molecule has 0 bridgehead atoms. The number of aliphatic hydroxyl groups excluding tert-OH is 1. The molecule has 0 heterocycles. The number of rotatable bonds is 5. The third kappa shape index (κ3) is 4.14. The smallest absolute Gasteiger partial charge is 0.0793 e. The fourth-order valence-electron chi connectivity index (χ4n) is 2.05. The zero-order valence-corrected chi connectivity index (χ0v) is 11.4. The van der Waals surface area contributed by atoms with Crippen molar-refractivity contribution >= 4 is 0 Å². The van der Waals surface area contributed by atoms with Gasteiger partial charge in [-0.1, -0.05) is 45.0 Å². The summed E-state index contributed by atoms with van der Waals surface area (Å²) in [5, 5.41) is 10.2. The van der Waals surface area contributed by atoms with E-state index in [-0.39, 0.29) is 11.5 Å². The van der Waals surface area contributed by atoms with Gasteiger partial charge in [-0.25, -0.2) is 0 Å². The molecule has 1 N–H and O–H groups in total. The second-order valence-electron chi connectivity index (χ2n) is 5.49. The van der Waals surface area contributed by atoms with Crippen LogP contribution in [-0.4, -0.2) is 18.8 Å². The highest BCUT2D eigenvalue weighted by molar-refractivity contribution is 5.34. The first-order valence-electron chi connectivity index (χ1n) is 6.23. The van der Waals surface area contributed by atoms with Crippen molar-refractivity contribution in [1.29, 1.82) is 0 Å². The van der Waals surface area contributed by atoms with Crippen LogP contribution in [0.5, 0.6) is 0 Å². The van der Waals surface area contributed by atoms with Gasteiger partial charge in [0.05, 0.1) is 6.10 Å². The van der Waals surface area contributed by atoms with E-state index in [0.29, 0.717) is 6.61 Å². The molecule has 0 amide bonds. The molecule has 0 aliphatic rings. The minimum atomic E-state index is -0.388. The van der Waals surface area contributed by atoms with Crippen molar-refractivity contribution in [2.24, 2.45) is 0 Å². The fraction of sp³-hybridized carbons (Fsp3) is 0.600. The number of benzene rings is 1. The molecular formula is C15H24O2. The molecule has 0 radical (unpaired) electrons. The zero-order chi connectivity index (χ0) is 12.9. The normalized spacial score (nSPS) is 13.7. The van der Waals surface area contributed by atoms with E-state index in [1.165, 1.54) is 5.56 Å². The average molecular weight is 236 g/mol. The molecule has 0 aliphatic heterocycles. The van der Waals surface area contributed by atoms with Gasteiger partial charge < -0.3 is 9.84 Å². The van der Waals surface area contributed by atoms with Gasteiger partial charge in [0.15, 0.2) is 0 Å². The number of hydrogen-bond acceptors (Lipinski definition) is 2. The Labute approximate surface area is 105 Å². The number of hydrogen-bond donors (Lipinski definition) is 1. The Balaban J connectivity index is 2.82. The molecule has 2 heteroatoms. The van der Waals surface area contributed by atoms with E-state index < -0.39 is 0 Å². The first-order valence-corrected chi connectivity index (χ1v) is 6.23. The van der Waals surface area contributed by atoms with E-state index >= 15 is 0 Å². The van der Waals surface area contributed by atoms with E-state index in [9.17, 15) is 5.11 Å². The Kier molecular flexibility index (Phi) is 5.16. The maximum Gasteiger partial charge on any atom is 0.0793 e. The summed E-state index contributed by atoms with van der Waals surface area (Å²) in [6.45, 7) is 7.23. The van der Waals surface area contributed by atoms with Crippen LogP contribution in [0.3, 0.4) is 0 Å². The predicted molar refractivity (Wildman–Crippen MR) is 71.2 cm³/mol. The molecule has 0 saturated heterocycles. The molecule has 17 heavy (non-hydrogen) atoms. The van der Waals surface area contributed by atoms with Crippen molar-refractivity contribution in [2.75, 3.05) is 13.7 Å². The summed E-state index contributed by atoms with van der Waals surface area (Å²) in [5.41, 5.74) is 2.35. The van der Waals surface area contributed by atoms with Crippen LogP contribution in [0.1, 0.15) is 50.8 Å². The van der Waals surface area contributed by atoms with Gasteiger partial charge >= 0.3 is 0 Å². The van der Waals surface area contributed by atoms with E-state index in [0.717, 1.165) is 18.4 Å². The lowest BCUT2D eigenvalue weighted by Gasteiger charge is -2.25. The molecule has 1 rings (SSSR count). The lowest BCUT2D eigenvalue weighted by atomic mass is 9.82. The largest absolute Gasteiger partial charge is 0.388 e. The molecule has 96 valence electrons. The van der Waals surface area contributed by atoms with Crippen LogP contribution in [0.2, 0.25) is 0 Å². The summed E-state index contributed by atoms with van der Waals surface area (Å²) >= 11 is 0. The number of methoxy groups -OCH3 is 1. The van der Waals surface area contributed by atoms with Crippen LogP contribution in [0, 0.1) is 0 Å². The number of ether oxygens (including phenoxy) is 1. The summed E-state index contributed by atoms with van der Waals surface area (Å²) in [6, 6.07) is 8.16. The molecule has 0 saturated carbocycles. The van der Waals surface area contributed by atoms with Gasteiger partial charge in [-0.3, -0.25) is 0 Å². The third-order valence-electron chi connectivity index (χ3n) is 2.95. The van der Waals surface area contributed by atoms with Crippen LogP contribution in [-0.2, 0) is 10.2 Å². The van der Waals surface area contributed by atoms with Crippen LogP contribution >= 0.6 is 0 Å². The standard InChI is InChI=1S/C15H24O2/c1-15(2,3)13-9-6-5-8-12(13)14(16)10-7-11-17-4/h5-6,8-9,14,16H,7,10-11H2,1-4H3. The third-order valence-corrected chi connectivity index (χ3v) is 2.95. The van der Waals surface area contributed by atoms with Crippen molar-refractivity contribution in [1.82, 2.24) is 0 Å². The van der Waals surface area contributed by atoms with Gasteiger partial charge in [0.25, 0.3) is 0 Å². The van der Waals surface area contributed by atoms with Crippen molar-refractivity contribution < 1.29 is 9.84 Å². The van der Waals surface area contributed by atoms with Gasteiger partial charge in [-0.15, -0.1) is 0 Å². The second kappa shape index (κ2) is 6.18. The molecular weight excluding hydrogens is 212 g/mol. The van der Waals surface area contributed by atoms with Crippen LogP contribution < -0.4 is 0 Å². The van der Waals surface area contributed by atoms with E-state index in [2.05, 4.69) is 26.8 Å². The number of aliphatic hydroxyl groups is 1. The molecule has 0 aromatic heterocycles. The first kappa shape index (κ1) is 14.2. The lowest BCUT2D eigenvalue weighted by molar-refractivity contribution is 0.135. The SMILES string of the molecule is COCCCC(O)c1ccccc1C(C)(C)C. The summed E-state index contributed by atoms with van der Waals surface area (Å²) in [7, 11) is 1.69. The van der Waals surface area contributed by atoms with Gasteiger partial charge in [0.1, 0.15) is 0 Å². The summed E-state index contributed by atoms with van der Waals surface area (Å²) < 4.78 is 5.01. The maximum absolute atomic E-state index is 10.2. The molecule has 0 fully saturated rings. The molecule has 1 aromatic rings. The Morgan fingerprint density at radius 2 is 1.88 bits per heavy atom. The van der Waals surface area contributed by atoms with Crippen molar-refractivity contribution in [3.05, 3.63) is 35.4 Å². The van der Waals surface area contributed by atoms with E-state index in [1.54, 1.807) is 7.11 Å². The van der Waals surface area contributed by atoms with Gasteiger partial charge in [-0.05, 0) is 29.4 Å². The highest BCUT2D eigenvalue weighted by atomic mass is 16.5. The van der Waals surface area contributed by atoms with Crippen molar-refractivity contribution in [2.45, 2.75) is 45.1 Å². The Hall–Kier alpha value is -0.860. The van der Waals surface area contributed by atoms with Crippen molar-refractivity contribution in [3.8, 4) is 0 Å². The quantitative estimate of drug-likeness (QED) is 0.793. The van der Waals surface area contributed by atoms with Gasteiger partial charge in [0.2, 0.25) is 0 Å². The minimum Gasteiger partial charge on any atom is -0.388 e. The Morgan fingerprint density at radius 3 is 2.47 bits per heavy atom. The molecule has 0 aliphatic carbocycles. The highest BCUT2D eigenvalue weighted by Gasteiger charge is 2.20. The van der Waals surface area contributed by atoms with Crippen LogP contribution in [0.4, 0.5) is 0 Å². The highest BCUT2D eigenvalue weighted by Crippen LogP contribution is 2.31. The summed E-state index contributed by atoms with van der Waals surface area (Å²) in [5.74, 6) is 0. The van der Waals surface area contributed by atoms with E-state index in [1.807, 2.05) is 18.2 Å². The molecule has 1 aromatic carbocycles. The Bertz CT molecular complexity index is 339. The topological polar surface area (TPSA) is 29.5 Å². The average Bonchev–Trinajstić information content (AvgIpc) is 2.28. The lowest BCUT2D eigenvalue weighted by Crippen LogP contribution is -2.16. The molecule has 1 atom stereocenters. The molecule has 2 nitrogen and oxygen atoms in total. The Morgan fingerprint density at radius 1 is 1.24 bits per heavy atom. The summed E-state index contributed by atoms with van der Waals surface area (Å²) in [4.78, 5) is 0. The maximum atomic E-state index is 10.2. The molecule has 1 unspecified atom stereocenters. The second-order valence-corrected chi connectivity index (χ2v) is 5.49. The van der Waals surface area contributed by atoms with E-state index in [4.69, 9.17) is 4.74 Å². The van der Waals surface area contributed by atoms with Gasteiger partial charge in [0, 0.05) is 13.7 Å². The summed E-state index contributed by atoms with van der Waals surface area (Å²) in [6.07, 6.45) is 1.25. The van der Waals surface area contributed by atoms with Gasteiger partial charge in [-0.2, -0.15) is 0 Å². The van der Waals surface area contributed by atoms with Crippen molar-refractivity contribution in [3.63, 3.8) is 0 Å². The van der Waals surface area contributed by atoms with Crippen LogP contribution in [0.15, 0.2) is 24.3 Å². The predicted octanol–water partition coefficient (Wildman–Crippen LogP) is 3.44. The molecule has 0 spiro atoms. The van der Waals surface area contributed by atoms with Crippen LogP contribution in [0.25, 0.3) is 0 Å².